The second-order valence-electron chi connectivity index (χ2n) is 4.08. The quantitative estimate of drug-likeness (QED) is 0.845. The van der Waals surface area contributed by atoms with Crippen LogP contribution in [0.4, 0.5) is 5.69 Å². The van der Waals surface area contributed by atoms with Gasteiger partial charge in [0.15, 0.2) is 0 Å². The smallest absolute Gasteiger partial charge is 0.229 e. The third-order valence-electron chi connectivity index (χ3n) is 2.79. The van der Waals surface area contributed by atoms with E-state index < -0.39 is 0 Å². The lowest BCUT2D eigenvalue weighted by Gasteiger charge is -2.21. The van der Waals surface area contributed by atoms with E-state index in [0.29, 0.717) is 13.0 Å². The molecule has 0 saturated heterocycles. The molecule has 1 amide bonds. The van der Waals surface area contributed by atoms with Gasteiger partial charge >= 0.3 is 0 Å². The van der Waals surface area contributed by atoms with E-state index in [1.165, 1.54) is 0 Å². The fraction of sp³-hybridized carbons (Fsp3) is 0.462. The predicted octanol–water partition coefficient (Wildman–Crippen LogP) is 1.64. The van der Waals surface area contributed by atoms with Crippen molar-refractivity contribution >= 4 is 11.6 Å². The van der Waals surface area contributed by atoms with Crippen molar-refractivity contribution in [3.63, 3.8) is 0 Å². The van der Waals surface area contributed by atoms with E-state index in [0.717, 1.165) is 11.4 Å². The number of nitrogens with two attached hydrogens (primary N) is 1. The average Bonchev–Trinajstić information content (AvgIpc) is 2.37. The Morgan fingerprint density at radius 1 is 1.53 bits per heavy atom. The Labute approximate surface area is 102 Å². The molecule has 4 nitrogen and oxygen atoms in total. The van der Waals surface area contributed by atoms with E-state index in [2.05, 4.69) is 0 Å². The molecule has 0 heterocycles. The summed E-state index contributed by atoms with van der Waals surface area (Å²) in [7, 11) is 3.38. The molecule has 1 aromatic rings. The summed E-state index contributed by atoms with van der Waals surface area (Å²) in [6.45, 7) is 2.42. The molecule has 17 heavy (non-hydrogen) atoms. The van der Waals surface area contributed by atoms with Gasteiger partial charge in [0.05, 0.1) is 7.11 Å². The molecule has 1 atom stereocenters. The number of carbonyl (C=O) groups is 1. The number of rotatable bonds is 5. The number of methoxy groups -OCH3 is 1. The maximum atomic E-state index is 12.1. The molecule has 0 bridgehead atoms. The third-order valence-corrected chi connectivity index (χ3v) is 2.79. The molecule has 0 fully saturated rings. The number of hydrogen-bond donors (Lipinski definition) is 1. The number of amides is 1. The molecule has 94 valence electrons. The van der Waals surface area contributed by atoms with Gasteiger partial charge in [-0.05, 0) is 25.1 Å². The first kappa shape index (κ1) is 13.5. The molecule has 0 aliphatic rings. The Balaban J connectivity index is 2.80. The molecule has 0 aromatic heterocycles. The van der Waals surface area contributed by atoms with Gasteiger partial charge in [0.1, 0.15) is 5.75 Å². The van der Waals surface area contributed by atoms with Crippen molar-refractivity contribution in [1.82, 2.24) is 0 Å². The van der Waals surface area contributed by atoms with Gasteiger partial charge in [-0.2, -0.15) is 0 Å². The number of carbonyl (C=O) groups excluding carboxylic acids is 1. The molecule has 1 rings (SSSR count). The van der Waals surface area contributed by atoms with Crippen molar-refractivity contribution < 1.29 is 9.53 Å². The number of benzene rings is 1. The van der Waals surface area contributed by atoms with E-state index in [1.807, 2.05) is 31.2 Å². The first-order valence-corrected chi connectivity index (χ1v) is 5.71. The van der Waals surface area contributed by atoms with Crippen LogP contribution in [-0.2, 0) is 4.79 Å². The zero-order valence-electron chi connectivity index (χ0n) is 10.6. The van der Waals surface area contributed by atoms with Crippen molar-refractivity contribution in [2.45, 2.75) is 13.3 Å². The van der Waals surface area contributed by atoms with E-state index in [9.17, 15) is 4.79 Å². The van der Waals surface area contributed by atoms with E-state index in [-0.39, 0.29) is 11.8 Å². The molecule has 2 N–H and O–H groups in total. The van der Waals surface area contributed by atoms with Gasteiger partial charge < -0.3 is 15.4 Å². The number of anilines is 1. The van der Waals surface area contributed by atoms with Crippen LogP contribution in [0.1, 0.15) is 13.3 Å². The monoisotopic (exact) mass is 236 g/mol. The summed E-state index contributed by atoms with van der Waals surface area (Å²) in [5.41, 5.74) is 6.29. The molecular weight excluding hydrogens is 216 g/mol. The second-order valence-corrected chi connectivity index (χ2v) is 4.08. The minimum Gasteiger partial charge on any atom is -0.497 e. The molecule has 0 radical (unpaired) electrons. The Kier molecular flexibility index (Phi) is 4.97. The first-order valence-electron chi connectivity index (χ1n) is 5.71. The standard InChI is InChI=1S/C13H20N2O2/c1-10(7-8-14)13(16)15(2)11-5-4-6-12(9-11)17-3/h4-6,9-10H,7-8,14H2,1-3H3. The van der Waals surface area contributed by atoms with Crippen LogP contribution in [0, 0.1) is 5.92 Å². The average molecular weight is 236 g/mol. The highest BCUT2D eigenvalue weighted by atomic mass is 16.5. The summed E-state index contributed by atoms with van der Waals surface area (Å²) in [6, 6.07) is 7.44. The normalized spacial score (nSPS) is 12.0. The molecule has 1 unspecified atom stereocenters. The fourth-order valence-electron chi connectivity index (χ4n) is 1.65. The van der Waals surface area contributed by atoms with Gasteiger partial charge in [-0.25, -0.2) is 0 Å². The summed E-state index contributed by atoms with van der Waals surface area (Å²) < 4.78 is 5.13. The van der Waals surface area contributed by atoms with E-state index >= 15 is 0 Å². The van der Waals surface area contributed by atoms with Crippen LogP contribution in [0.5, 0.6) is 5.75 Å². The third kappa shape index (κ3) is 3.46. The van der Waals surface area contributed by atoms with Crippen molar-refractivity contribution in [3.8, 4) is 5.75 Å². The largest absolute Gasteiger partial charge is 0.497 e. The van der Waals surface area contributed by atoms with Gasteiger partial charge in [0.2, 0.25) is 5.91 Å². The highest BCUT2D eigenvalue weighted by Crippen LogP contribution is 2.21. The first-order chi connectivity index (χ1) is 8.10. The van der Waals surface area contributed by atoms with Gasteiger partial charge in [-0.3, -0.25) is 4.79 Å². The van der Waals surface area contributed by atoms with Crippen molar-refractivity contribution in [1.29, 1.82) is 0 Å². The highest BCUT2D eigenvalue weighted by Gasteiger charge is 2.18. The highest BCUT2D eigenvalue weighted by molar-refractivity contribution is 5.94. The van der Waals surface area contributed by atoms with Crippen LogP contribution in [0.3, 0.4) is 0 Å². The Morgan fingerprint density at radius 2 is 2.24 bits per heavy atom. The molecule has 0 saturated carbocycles. The van der Waals surface area contributed by atoms with Gasteiger partial charge in [-0.15, -0.1) is 0 Å². The maximum absolute atomic E-state index is 12.1. The number of nitrogens with zero attached hydrogens (tertiary/aromatic N) is 1. The SMILES string of the molecule is COc1cccc(N(C)C(=O)C(C)CCN)c1. The Bertz CT molecular complexity index is 379. The molecule has 1 aromatic carbocycles. The van der Waals surface area contributed by atoms with Crippen molar-refractivity contribution in [2.75, 3.05) is 25.6 Å². The van der Waals surface area contributed by atoms with Crippen LogP contribution < -0.4 is 15.4 Å². The Hall–Kier alpha value is -1.55. The van der Waals surface area contributed by atoms with Crippen LogP contribution in [0.15, 0.2) is 24.3 Å². The van der Waals surface area contributed by atoms with Gasteiger partial charge in [0.25, 0.3) is 0 Å². The van der Waals surface area contributed by atoms with Gasteiger partial charge in [-0.1, -0.05) is 13.0 Å². The minimum atomic E-state index is -0.0591. The van der Waals surface area contributed by atoms with Crippen LogP contribution in [0.25, 0.3) is 0 Å². The summed E-state index contributed by atoms with van der Waals surface area (Å²) in [5, 5.41) is 0. The van der Waals surface area contributed by atoms with Crippen LogP contribution in [-0.4, -0.2) is 26.6 Å². The van der Waals surface area contributed by atoms with Crippen molar-refractivity contribution in [3.05, 3.63) is 24.3 Å². The topological polar surface area (TPSA) is 55.6 Å². The minimum absolute atomic E-state index is 0.0591. The fourth-order valence-corrected chi connectivity index (χ4v) is 1.65. The van der Waals surface area contributed by atoms with Crippen LogP contribution in [0.2, 0.25) is 0 Å². The molecule has 4 heteroatoms. The molecule has 0 aliphatic carbocycles. The molecular formula is C13H20N2O2. The molecule has 0 aliphatic heterocycles. The van der Waals surface area contributed by atoms with E-state index in [1.54, 1.807) is 19.1 Å². The molecule has 0 spiro atoms. The zero-order valence-corrected chi connectivity index (χ0v) is 10.6. The Morgan fingerprint density at radius 3 is 2.82 bits per heavy atom. The summed E-state index contributed by atoms with van der Waals surface area (Å²) in [4.78, 5) is 13.7. The summed E-state index contributed by atoms with van der Waals surface area (Å²) >= 11 is 0. The number of ether oxygens (including phenoxy) is 1. The number of hydrogen-bond acceptors (Lipinski definition) is 3. The van der Waals surface area contributed by atoms with Crippen molar-refractivity contribution in [2.24, 2.45) is 11.7 Å². The van der Waals surface area contributed by atoms with Gasteiger partial charge in [0, 0.05) is 24.7 Å². The van der Waals surface area contributed by atoms with Crippen LogP contribution >= 0.6 is 0 Å². The lowest BCUT2D eigenvalue weighted by atomic mass is 10.1. The second kappa shape index (κ2) is 6.25. The predicted molar refractivity (Wildman–Crippen MR) is 69.2 cm³/mol. The summed E-state index contributed by atoms with van der Waals surface area (Å²) in [5.74, 6) is 0.758. The maximum Gasteiger partial charge on any atom is 0.229 e. The zero-order chi connectivity index (χ0) is 12.8. The lowest BCUT2D eigenvalue weighted by Crippen LogP contribution is -2.32. The summed E-state index contributed by atoms with van der Waals surface area (Å²) in [6.07, 6.45) is 0.702. The lowest BCUT2D eigenvalue weighted by molar-refractivity contribution is -0.121. The van der Waals surface area contributed by atoms with E-state index in [4.69, 9.17) is 10.5 Å².